The lowest BCUT2D eigenvalue weighted by Crippen LogP contribution is -2.16. The van der Waals surface area contributed by atoms with Crippen LogP contribution in [0.5, 0.6) is 5.75 Å². The van der Waals surface area contributed by atoms with Crippen LogP contribution in [0.25, 0.3) is 0 Å². The number of thiocarbonyl (C=S) groups is 1. The molecule has 62 valence electrons. The largest absolute Gasteiger partial charge is 0.508 e. The number of hydrogen-bond acceptors (Lipinski definition) is 2. The first-order valence-electron chi connectivity index (χ1n) is 3.76. The molecule has 1 aliphatic rings. The van der Waals surface area contributed by atoms with Crippen molar-refractivity contribution < 1.29 is 5.11 Å². The molecule has 0 radical (unpaired) electrons. The van der Waals surface area contributed by atoms with Gasteiger partial charge in [-0.25, -0.2) is 0 Å². The maximum absolute atomic E-state index is 9.21. The molecule has 0 bridgehead atoms. The molecule has 1 heterocycles. The highest BCUT2D eigenvalue weighted by Gasteiger charge is 2.20. The van der Waals surface area contributed by atoms with Crippen molar-refractivity contribution in [1.82, 2.24) is 4.90 Å². The third-order valence-corrected chi connectivity index (χ3v) is 2.61. The summed E-state index contributed by atoms with van der Waals surface area (Å²) < 4.78 is 0. The number of phenols is 1. The number of nitrogens with zero attached hydrogens (tertiary/aromatic N) is 1. The zero-order valence-electron chi connectivity index (χ0n) is 6.74. The van der Waals surface area contributed by atoms with Gasteiger partial charge in [0.05, 0.1) is 0 Å². The monoisotopic (exact) mass is 179 g/mol. The highest BCUT2D eigenvalue weighted by Crippen LogP contribution is 2.25. The molecule has 0 aliphatic carbocycles. The van der Waals surface area contributed by atoms with Crippen molar-refractivity contribution in [3.8, 4) is 5.75 Å². The predicted molar refractivity (Wildman–Crippen MR) is 51.3 cm³/mol. The first kappa shape index (κ1) is 7.55. The van der Waals surface area contributed by atoms with E-state index in [4.69, 9.17) is 12.2 Å². The fourth-order valence-corrected chi connectivity index (χ4v) is 1.72. The molecule has 3 heteroatoms. The Morgan fingerprint density at radius 3 is 3.00 bits per heavy atom. The average Bonchev–Trinajstić information content (AvgIpc) is 2.28. The van der Waals surface area contributed by atoms with Gasteiger partial charge in [-0.2, -0.15) is 0 Å². The summed E-state index contributed by atoms with van der Waals surface area (Å²) in [4.78, 5) is 2.87. The molecule has 2 rings (SSSR count). The number of phenolic OH excluding ortho intramolecular Hbond substituents is 1. The predicted octanol–water partition coefficient (Wildman–Crippen LogP) is 1.51. The molecule has 0 aromatic heterocycles. The van der Waals surface area contributed by atoms with Gasteiger partial charge in [-0.05, 0) is 23.8 Å². The standard InChI is InChI=1S/C9H9NOS/c1-10-5-6-4-7(11)2-3-8(6)9(10)12/h2-4,11H,5H2,1H3. The van der Waals surface area contributed by atoms with Gasteiger partial charge in [-0.1, -0.05) is 12.2 Å². The van der Waals surface area contributed by atoms with Gasteiger partial charge in [0.1, 0.15) is 10.7 Å². The first-order valence-corrected chi connectivity index (χ1v) is 4.16. The molecule has 0 fully saturated rings. The van der Waals surface area contributed by atoms with Crippen molar-refractivity contribution in [2.45, 2.75) is 6.54 Å². The number of fused-ring (bicyclic) bond motifs is 1. The molecule has 0 unspecified atom stereocenters. The van der Waals surface area contributed by atoms with E-state index in [-0.39, 0.29) is 0 Å². The summed E-state index contributed by atoms with van der Waals surface area (Å²) in [6.07, 6.45) is 0. The van der Waals surface area contributed by atoms with Crippen LogP contribution in [0.3, 0.4) is 0 Å². The topological polar surface area (TPSA) is 23.5 Å². The third-order valence-electron chi connectivity index (χ3n) is 2.07. The Balaban J connectivity index is 2.54. The summed E-state index contributed by atoms with van der Waals surface area (Å²) >= 11 is 5.18. The van der Waals surface area contributed by atoms with Crippen LogP contribution < -0.4 is 0 Å². The number of rotatable bonds is 0. The van der Waals surface area contributed by atoms with Gasteiger partial charge >= 0.3 is 0 Å². The van der Waals surface area contributed by atoms with E-state index in [0.29, 0.717) is 5.75 Å². The lowest BCUT2D eigenvalue weighted by molar-refractivity contribution is 0.472. The second-order valence-electron chi connectivity index (χ2n) is 3.00. The fourth-order valence-electron chi connectivity index (χ4n) is 1.45. The summed E-state index contributed by atoms with van der Waals surface area (Å²) in [5.74, 6) is 0.312. The summed E-state index contributed by atoms with van der Waals surface area (Å²) in [6, 6.07) is 5.31. The molecule has 0 saturated heterocycles. The van der Waals surface area contributed by atoms with Crippen LogP contribution in [-0.2, 0) is 6.54 Å². The molecule has 1 aliphatic heterocycles. The third kappa shape index (κ3) is 0.975. The molecular formula is C9H9NOS. The summed E-state index contributed by atoms with van der Waals surface area (Å²) in [6.45, 7) is 0.808. The van der Waals surface area contributed by atoms with Crippen LogP contribution in [0.4, 0.5) is 0 Å². The molecular weight excluding hydrogens is 170 g/mol. The summed E-state index contributed by atoms with van der Waals surface area (Å²) in [5, 5.41) is 9.21. The second kappa shape index (κ2) is 2.45. The van der Waals surface area contributed by atoms with E-state index >= 15 is 0 Å². The molecule has 12 heavy (non-hydrogen) atoms. The Morgan fingerprint density at radius 1 is 1.50 bits per heavy atom. The van der Waals surface area contributed by atoms with Gasteiger partial charge in [-0.3, -0.25) is 0 Å². The van der Waals surface area contributed by atoms with Gasteiger partial charge in [-0.15, -0.1) is 0 Å². The van der Waals surface area contributed by atoms with Crippen LogP contribution >= 0.6 is 12.2 Å². The second-order valence-corrected chi connectivity index (χ2v) is 3.39. The highest BCUT2D eigenvalue weighted by molar-refractivity contribution is 7.80. The quantitative estimate of drug-likeness (QED) is 0.611. The summed E-state index contributed by atoms with van der Waals surface area (Å²) in [7, 11) is 1.96. The maximum Gasteiger partial charge on any atom is 0.115 e. The smallest absolute Gasteiger partial charge is 0.115 e. The molecule has 0 atom stereocenters. The Bertz CT molecular complexity index is 348. The molecule has 1 N–H and O–H groups in total. The number of hydrogen-bond donors (Lipinski definition) is 1. The minimum absolute atomic E-state index is 0.312. The van der Waals surface area contributed by atoms with Crippen molar-refractivity contribution in [2.24, 2.45) is 0 Å². The van der Waals surface area contributed by atoms with Crippen LogP contribution in [0.15, 0.2) is 18.2 Å². The number of benzene rings is 1. The van der Waals surface area contributed by atoms with Gasteiger partial charge in [0, 0.05) is 19.2 Å². The van der Waals surface area contributed by atoms with E-state index < -0.39 is 0 Å². The van der Waals surface area contributed by atoms with Crippen molar-refractivity contribution in [2.75, 3.05) is 7.05 Å². The Kier molecular flexibility index (Phi) is 1.54. The van der Waals surface area contributed by atoms with E-state index in [9.17, 15) is 5.11 Å². The van der Waals surface area contributed by atoms with Gasteiger partial charge in [0.25, 0.3) is 0 Å². The first-order chi connectivity index (χ1) is 5.68. The minimum atomic E-state index is 0.312. The van der Waals surface area contributed by atoms with Crippen molar-refractivity contribution in [1.29, 1.82) is 0 Å². The molecule has 0 spiro atoms. The zero-order valence-corrected chi connectivity index (χ0v) is 7.56. The highest BCUT2D eigenvalue weighted by atomic mass is 32.1. The Labute approximate surface area is 76.4 Å². The number of aromatic hydroxyl groups is 1. The van der Waals surface area contributed by atoms with E-state index in [0.717, 1.165) is 22.7 Å². The lowest BCUT2D eigenvalue weighted by atomic mass is 10.1. The van der Waals surface area contributed by atoms with Crippen molar-refractivity contribution in [3.05, 3.63) is 29.3 Å². The SMILES string of the molecule is CN1Cc2cc(O)ccc2C1=S. The Hall–Kier alpha value is -1.09. The van der Waals surface area contributed by atoms with Crippen molar-refractivity contribution in [3.63, 3.8) is 0 Å². The average molecular weight is 179 g/mol. The van der Waals surface area contributed by atoms with Gasteiger partial charge in [0.15, 0.2) is 0 Å². The normalized spacial score (nSPS) is 15.1. The van der Waals surface area contributed by atoms with E-state index in [1.54, 1.807) is 12.1 Å². The zero-order chi connectivity index (χ0) is 8.72. The minimum Gasteiger partial charge on any atom is -0.508 e. The lowest BCUT2D eigenvalue weighted by Gasteiger charge is -2.07. The van der Waals surface area contributed by atoms with E-state index in [1.165, 1.54) is 0 Å². The van der Waals surface area contributed by atoms with Gasteiger partial charge < -0.3 is 10.0 Å². The van der Waals surface area contributed by atoms with E-state index in [2.05, 4.69) is 0 Å². The Morgan fingerprint density at radius 2 is 2.25 bits per heavy atom. The molecule has 0 amide bonds. The van der Waals surface area contributed by atoms with Crippen LogP contribution in [-0.4, -0.2) is 22.0 Å². The summed E-state index contributed by atoms with van der Waals surface area (Å²) in [5.41, 5.74) is 2.19. The molecule has 2 nitrogen and oxygen atoms in total. The molecule has 1 aromatic rings. The van der Waals surface area contributed by atoms with Crippen LogP contribution in [0.2, 0.25) is 0 Å². The van der Waals surface area contributed by atoms with Crippen LogP contribution in [0.1, 0.15) is 11.1 Å². The van der Waals surface area contributed by atoms with Crippen LogP contribution in [0, 0.1) is 0 Å². The molecule has 0 saturated carbocycles. The van der Waals surface area contributed by atoms with Crippen molar-refractivity contribution >= 4 is 17.2 Å². The molecule has 1 aromatic carbocycles. The maximum atomic E-state index is 9.21. The van der Waals surface area contributed by atoms with Gasteiger partial charge in [0.2, 0.25) is 0 Å². The van der Waals surface area contributed by atoms with E-state index in [1.807, 2.05) is 18.0 Å². The fraction of sp³-hybridized carbons (Fsp3) is 0.222.